The first-order chi connectivity index (χ1) is 15.6. The topological polar surface area (TPSA) is 92.7 Å². The van der Waals surface area contributed by atoms with Crippen molar-refractivity contribution in [3.8, 4) is 0 Å². The second kappa shape index (κ2) is 27.7. The molecule has 192 valence electrons. The molecule has 0 fully saturated rings. The van der Waals surface area contributed by atoms with Crippen molar-refractivity contribution in [3.63, 3.8) is 0 Å². The molecule has 0 saturated heterocycles. The molecule has 0 aromatic carbocycles. The van der Waals surface area contributed by atoms with E-state index in [9.17, 15) is 19.5 Å². The molecule has 0 radical (unpaired) electrons. The third-order valence-electron chi connectivity index (χ3n) is 4.34. The summed E-state index contributed by atoms with van der Waals surface area (Å²) >= 11 is 0. The molecule has 0 bridgehead atoms. The van der Waals surface area contributed by atoms with Gasteiger partial charge in [0.15, 0.2) is 0 Å². The van der Waals surface area contributed by atoms with Crippen LogP contribution < -0.4 is 5.11 Å². The highest BCUT2D eigenvalue weighted by Crippen LogP contribution is 2.10. The zero-order valence-electron chi connectivity index (χ0n) is 21.5. The molecule has 6 nitrogen and oxygen atoms in total. The van der Waals surface area contributed by atoms with Crippen LogP contribution >= 0.6 is 0 Å². The van der Waals surface area contributed by atoms with Gasteiger partial charge in [0.05, 0.1) is 19.2 Å². The summed E-state index contributed by atoms with van der Waals surface area (Å²) in [6.07, 6.45) is 16.1. The van der Waals surface area contributed by atoms with Crippen LogP contribution in [0, 0.1) is 0 Å². The fourth-order valence-electron chi connectivity index (χ4n) is 2.25. The lowest BCUT2D eigenvalue weighted by molar-refractivity contribution is -0.299. The Hall–Kier alpha value is -2.37. The zero-order chi connectivity index (χ0) is 25.9. The Bertz CT molecular complexity index is 539. The van der Waals surface area contributed by atoms with Crippen molar-refractivity contribution in [2.24, 2.45) is 0 Å². The molecule has 0 aromatic heterocycles. The standard InChI is InChI=1S/C16H30O2.C7H12O2.C4H6O2/c1-4-5-6-7-8-9-10-11-12-13-14-18-16(17)15(2)3;1-3-5-6-9-7(8)4-2;1-3(2)4(5)6/h2,4-14H2,1,3H3;4H,2-3,5-6H2,1H3;1H2,2H3,(H,5,6)/p-1. The van der Waals surface area contributed by atoms with E-state index in [0.717, 1.165) is 19.3 Å². The minimum atomic E-state index is -1.19. The molecule has 0 N–H and O–H groups in total. The van der Waals surface area contributed by atoms with Crippen LogP contribution in [0.4, 0.5) is 0 Å². The van der Waals surface area contributed by atoms with E-state index in [1.807, 2.05) is 6.92 Å². The number of unbranched alkanes of at least 4 members (excludes halogenated alkanes) is 10. The van der Waals surface area contributed by atoms with Crippen molar-refractivity contribution in [2.75, 3.05) is 13.2 Å². The number of carboxylic acids is 1. The highest BCUT2D eigenvalue weighted by molar-refractivity contribution is 5.86. The molecule has 0 aliphatic heterocycles. The number of carboxylic acid groups (broad SMARTS) is 1. The highest BCUT2D eigenvalue weighted by Gasteiger charge is 2.01. The van der Waals surface area contributed by atoms with Crippen LogP contribution in [0.25, 0.3) is 0 Å². The molecule has 0 aliphatic carbocycles. The fraction of sp³-hybridized carbons (Fsp3) is 0.667. The molecule has 0 aliphatic rings. The number of esters is 2. The first-order valence-corrected chi connectivity index (χ1v) is 12.1. The second-order valence-electron chi connectivity index (χ2n) is 7.89. The van der Waals surface area contributed by atoms with Crippen LogP contribution in [-0.2, 0) is 23.9 Å². The summed E-state index contributed by atoms with van der Waals surface area (Å²) in [5, 5.41) is 9.49. The lowest BCUT2D eigenvalue weighted by atomic mass is 10.1. The summed E-state index contributed by atoms with van der Waals surface area (Å²) in [7, 11) is 0. The van der Waals surface area contributed by atoms with E-state index in [-0.39, 0.29) is 17.5 Å². The van der Waals surface area contributed by atoms with Gasteiger partial charge in [-0.15, -0.1) is 0 Å². The van der Waals surface area contributed by atoms with Crippen molar-refractivity contribution in [3.05, 3.63) is 37.0 Å². The molecule has 0 aromatic rings. The molecule has 0 unspecified atom stereocenters. The maximum Gasteiger partial charge on any atom is 0.333 e. The van der Waals surface area contributed by atoms with Gasteiger partial charge >= 0.3 is 11.9 Å². The molecule has 0 heterocycles. The van der Waals surface area contributed by atoms with Gasteiger partial charge in [-0.1, -0.05) is 97.8 Å². The largest absolute Gasteiger partial charge is 0.545 e. The van der Waals surface area contributed by atoms with Crippen LogP contribution in [0.5, 0.6) is 0 Å². The van der Waals surface area contributed by atoms with E-state index in [4.69, 9.17) is 4.74 Å². The lowest BCUT2D eigenvalue weighted by Gasteiger charge is -2.04. The Morgan fingerprint density at radius 3 is 1.45 bits per heavy atom. The Morgan fingerprint density at radius 1 is 0.697 bits per heavy atom. The van der Waals surface area contributed by atoms with E-state index < -0.39 is 5.97 Å². The van der Waals surface area contributed by atoms with Crippen LogP contribution in [0.2, 0.25) is 0 Å². The number of carbonyl (C=O) groups is 3. The van der Waals surface area contributed by atoms with Crippen LogP contribution in [0.1, 0.15) is 105 Å². The fourth-order valence-corrected chi connectivity index (χ4v) is 2.25. The normalized spacial score (nSPS) is 9.33. The first kappa shape index (κ1) is 35.2. The highest BCUT2D eigenvalue weighted by atomic mass is 16.5. The van der Waals surface area contributed by atoms with Crippen LogP contribution in [-0.4, -0.2) is 31.1 Å². The summed E-state index contributed by atoms with van der Waals surface area (Å²) in [4.78, 5) is 30.9. The predicted octanol–water partition coefficient (Wildman–Crippen LogP) is 5.85. The monoisotopic (exact) mass is 467 g/mol. The lowest BCUT2D eigenvalue weighted by Crippen LogP contribution is -2.22. The summed E-state index contributed by atoms with van der Waals surface area (Å²) in [5.74, 6) is -1.77. The Kier molecular flexibility index (Phi) is 29.5. The summed E-state index contributed by atoms with van der Waals surface area (Å²) in [5.41, 5.74) is 0.553. The smallest absolute Gasteiger partial charge is 0.333 e. The summed E-state index contributed by atoms with van der Waals surface area (Å²) < 4.78 is 9.71. The molecule has 0 saturated carbocycles. The van der Waals surface area contributed by atoms with Gasteiger partial charge in [0.25, 0.3) is 0 Å². The average molecular weight is 468 g/mol. The molecular formula is C27H47O6-. The van der Waals surface area contributed by atoms with E-state index in [1.165, 1.54) is 70.8 Å². The first-order valence-electron chi connectivity index (χ1n) is 12.1. The molecule has 0 rings (SSSR count). The molecule has 0 spiro atoms. The van der Waals surface area contributed by atoms with Gasteiger partial charge in [-0.2, -0.15) is 0 Å². The molecule has 33 heavy (non-hydrogen) atoms. The van der Waals surface area contributed by atoms with E-state index in [0.29, 0.717) is 18.8 Å². The molecule has 0 amide bonds. The van der Waals surface area contributed by atoms with Gasteiger partial charge < -0.3 is 19.4 Å². The number of ether oxygens (including phenoxy) is 2. The van der Waals surface area contributed by atoms with Crippen molar-refractivity contribution in [1.82, 2.24) is 0 Å². The van der Waals surface area contributed by atoms with Gasteiger partial charge in [-0.05, 0) is 32.3 Å². The van der Waals surface area contributed by atoms with Gasteiger partial charge in [0.2, 0.25) is 0 Å². The quantitative estimate of drug-likeness (QED) is 0.151. The minimum Gasteiger partial charge on any atom is -0.545 e. The van der Waals surface area contributed by atoms with Crippen molar-refractivity contribution in [2.45, 2.75) is 105 Å². The van der Waals surface area contributed by atoms with Crippen LogP contribution in [0.15, 0.2) is 37.0 Å². The maximum absolute atomic E-state index is 11.1. The van der Waals surface area contributed by atoms with Crippen molar-refractivity contribution in [1.29, 1.82) is 0 Å². The van der Waals surface area contributed by atoms with Gasteiger partial charge in [0, 0.05) is 11.6 Å². The second-order valence-corrected chi connectivity index (χ2v) is 7.89. The number of hydrogen-bond acceptors (Lipinski definition) is 6. The SMILES string of the molecule is C=C(C)C(=O)OCCCCCCCCCCCC.C=C(C)C(=O)[O-].C=CC(=O)OCCCC. The molecule has 0 atom stereocenters. The van der Waals surface area contributed by atoms with Crippen molar-refractivity contribution >= 4 is 17.9 Å². The van der Waals surface area contributed by atoms with E-state index in [2.05, 4.69) is 31.4 Å². The van der Waals surface area contributed by atoms with Gasteiger partial charge in [-0.25, -0.2) is 9.59 Å². The van der Waals surface area contributed by atoms with Crippen LogP contribution in [0.3, 0.4) is 0 Å². The van der Waals surface area contributed by atoms with Gasteiger partial charge in [0.1, 0.15) is 0 Å². The number of rotatable bonds is 17. The van der Waals surface area contributed by atoms with E-state index >= 15 is 0 Å². The number of carbonyl (C=O) groups excluding carboxylic acids is 3. The average Bonchev–Trinajstić information content (AvgIpc) is 2.78. The zero-order valence-corrected chi connectivity index (χ0v) is 21.5. The summed E-state index contributed by atoms with van der Waals surface area (Å²) in [6.45, 7) is 18.3. The molecule has 6 heteroatoms. The van der Waals surface area contributed by atoms with E-state index in [1.54, 1.807) is 6.92 Å². The third kappa shape index (κ3) is 34.4. The third-order valence-corrected chi connectivity index (χ3v) is 4.34. The minimum absolute atomic E-state index is 0.0648. The Balaban J connectivity index is -0.000000496. The van der Waals surface area contributed by atoms with Crippen molar-refractivity contribution < 1.29 is 29.0 Å². The predicted molar refractivity (Wildman–Crippen MR) is 134 cm³/mol. The number of aliphatic carboxylic acids is 1. The Morgan fingerprint density at radius 2 is 1.09 bits per heavy atom. The molecular weight excluding hydrogens is 420 g/mol. The Labute approximate surface area is 202 Å². The number of hydrogen-bond donors (Lipinski definition) is 0. The summed E-state index contributed by atoms with van der Waals surface area (Å²) in [6, 6.07) is 0. The maximum atomic E-state index is 11.1. The van der Waals surface area contributed by atoms with Gasteiger partial charge in [-0.3, -0.25) is 0 Å².